The molecule has 0 fully saturated rings. The molecule has 0 spiro atoms. The lowest BCUT2D eigenvalue weighted by Crippen LogP contribution is -2.09. The Morgan fingerprint density at radius 1 is 1.20 bits per heavy atom. The Morgan fingerprint density at radius 3 is 2.50 bits per heavy atom. The fraction of sp³-hybridized carbons (Fsp3) is 0.231. The van der Waals surface area contributed by atoms with Gasteiger partial charge in [0.05, 0.1) is 5.56 Å². The third-order valence-corrected chi connectivity index (χ3v) is 3.18. The summed E-state index contributed by atoms with van der Waals surface area (Å²) >= 11 is 3.04. The highest BCUT2D eigenvalue weighted by atomic mass is 79.9. The SMILES string of the molecule is CCc1cc(N)nc(-c2ccc(Br)cc2C(F)(F)F)n1. The Kier molecular flexibility index (Phi) is 3.99. The molecule has 7 heteroatoms. The Labute approximate surface area is 122 Å². The van der Waals surface area contributed by atoms with Crippen LogP contribution in [0.1, 0.15) is 18.2 Å². The van der Waals surface area contributed by atoms with Crippen LogP contribution in [0.25, 0.3) is 11.4 Å². The van der Waals surface area contributed by atoms with Crippen LogP contribution in [0, 0.1) is 0 Å². The van der Waals surface area contributed by atoms with Crippen molar-refractivity contribution in [3.63, 3.8) is 0 Å². The molecule has 0 bridgehead atoms. The Bertz CT molecular complexity index is 641. The van der Waals surface area contributed by atoms with Gasteiger partial charge in [-0.2, -0.15) is 13.2 Å². The van der Waals surface area contributed by atoms with Gasteiger partial charge in [0, 0.05) is 21.8 Å². The van der Waals surface area contributed by atoms with Gasteiger partial charge in [0.25, 0.3) is 0 Å². The number of hydrogen-bond donors (Lipinski definition) is 1. The summed E-state index contributed by atoms with van der Waals surface area (Å²) in [5.74, 6) is 0.143. The highest BCUT2D eigenvalue weighted by Crippen LogP contribution is 2.37. The molecule has 0 saturated carbocycles. The number of nitrogens with two attached hydrogens (primary N) is 1. The van der Waals surface area contributed by atoms with E-state index < -0.39 is 11.7 Å². The molecule has 0 atom stereocenters. The van der Waals surface area contributed by atoms with Gasteiger partial charge in [0.2, 0.25) is 0 Å². The lowest BCUT2D eigenvalue weighted by Gasteiger charge is -2.13. The van der Waals surface area contributed by atoms with Crippen LogP contribution < -0.4 is 5.73 Å². The van der Waals surface area contributed by atoms with Gasteiger partial charge in [-0.05, 0) is 24.6 Å². The Hall–Kier alpha value is -1.63. The van der Waals surface area contributed by atoms with Crippen LogP contribution in [0.2, 0.25) is 0 Å². The van der Waals surface area contributed by atoms with E-state index in [4.69, 9.17) is 5.73 Å². The molecule has 0 radical (unpaired) electrons. The third-order valence-electron chi connectivity index (χ3n) is 2.69. The van der Waals surface area contributed by atoms with Crippen molar-refractivity contribution in [2.24, 2.45) is 0 Å². The second kappa shape index (κ2) is 5.40. The highest BCUT2D eigenvalue weighted by molar-refractivity contribution is 9.10. The van der Waals surface area contributed by atoms with E-state index in [-0.39, 0.29) is 17.2 Å². The monoisotopic (exact) mass is 345 g/mol. The van der Waals surface area contributed by atoms with E-state index in [1.54, 1.807) is 6.07 Å². The molecule has 2 aromatic rings. The van der Waals surface area contributed by atoms with Crippen molar-refractivity contribution in [2.75, 3.05) is 5.73 Å². The van der Waals surface area contributed by atoms with E-state index in [0.29, 0.717) is 16.6 Å². The van der Waals surface area contributed by atoms with E-state index in [9.17, 15) is 13.2 Å². The van der Waals surface area contributed by atoms with Crippen LogP contribution in [-0.4, -0.2) is 9.97 Å². The molecule has 0 amide bonds. The van der Waals surface area contributed by atoms with E-state index in [2.05, 4.69) is 25.9 Å². The summed E-state index contributed by atoms with van der Waals surface area (Å²) in [4.78, 5) is 8.03. The minimum Gasteiger partial charge on any atom is -0.384 e. The number of nitrogens with zero attached hydrogens (tertiary/aromatic N) is 2. The molecule has 3 nitrogen and oxygen atoms in total. The summed E-state index contributed by atoms with van der Waals surface area (Å²) in [5.41, 5.74) is 5.35. The van der Waals surface area contributed by atoms with Gasteiger partial charge in [-0.15, -0.1) is 0 Å². The first-order valence-corrected chi connectivity index (χ1v) is 6.61. The van der Waals surface area contributed by atoms with Crippen molar-refractivity contribution in [3.05, 3.63) is 40.0 Å². The molecule has 2 N–H and O–H groups in total. The maximum Gasteiger partial charge on any atom is 0.417 e. The number of rotatable bonds is 2. The van der Waals surface area contributed by atoms with Crippen molar-refractivity contribution in [1.82, 2.24) is 9.97 Å². The summed E-state index contributed by atoms with van der Waals surface area (Å²) in [6.45, 7) is 1.85. The summed E-state index contributed by atoms with van der Waals surface area (Å²) in [6, 6.07) is 5.41. The van der Waals surface area contributed by atoms with Gasteiger partial charge < -0.3 is 5.73 Å². The second-order valence-electron chi connectivity index (χ2n) is 4.15. The molecule has 0 saturated heterocycles. The zero-order valence-corrected chi connectivity index (χ0v) is 12.1. The molecule has 0 aliphatic rings. The normalized spacial score (nSPS) is 11.7. The van der Waals surface area contributed by atoms with Crippen LogP contribution in [0.5, 0.6) is 0 Å². The minimum atomic E-state index is -4.49. The number of anilines is 1. The van der Waals surface area contributed by atoms with E-state index in [0.717, 1.165) is 6.07 Å². The van der Waals surface area contributed by atoms with E-state index in [1.807, 2.05) is 6.92 Å². The Balaban J connectivity index is 2.66. The molecule has 0 aliphatic heterocycles. The van der Waals surface area contributed by atoms with Gasteiger partial charge in [0.15, 0.2) is 5.82 Å². The Morgan fingerprint density at radius 2 is 1.90 bits per heavy atom. The number of alkyl halides is 3. The van der Waals surface area contributed by atoms with Gasteiger partial charge in [-0.1, -0.05) is 22.9 Å². The predicted molar refractivity (Wildman–Crippen MR) is 74.0 cm³/mol. The second-order valence-corrected chi connectivity index (χ2v) is 5.06. The van der Waals surface area contributed by atoms with Crippen LogP contribution in [-0.2, 0) is 12.6 Å². The molecule has 2 rings (SSSR count). The first kappa shape index (κ1) is 14.8. The van der Waals surface area contributed by atoms with Gasteiger partial charge in [0.1, 0.15) is 5.82 Å². The average molecular weight is 346 g/mol. The lowest BCUT2D eigenvalue weighted by atomic mass is 10.1. The van der Waals surface area contributed by atoms with Crippen LogP contribution in [0.3, 0.4) is 0 Å². The number of aryl methyl sites for hydroxylation is 1. The lowest BCUT2D eigenvalue weighted by molar-refractivity contribution is -0.137. The summed E-state index contributed by atoms with van der Waals surface area (Å²) < 4.78 is 39.6. The smallest absolute Gasteiger partial charge is 0.384 e. The third kappa shape index (κ3) is 3.09. The van der Waals surface area contributed by atoms with Crippen molar-refractivity contribution in [2.45, 2.75) is 19.5 Å². The maximum atomic E-state index is 13.1. The maximum absolute atomic E-state index is 13.1. The number of aromatic nitrogens is 2. The van der Waals surface area contributed by atoms with Crippen LogP contribution in [0.15, 0.2) is 28.7 Å². The first-order chi connectivity index (χ1) is 9.31. The number of hydrogen-bond acceptors (Lipinski definition) is 3. The number of halogens is 4. The van der Waals surface area contributed by atoms with Gasteiger partial charge >= 0.3 is 6.18 Å². The number of nitrogen functional groups attached to an aromatic ring is 1. The topological polar surface area (TPSA) is 51.8 Å². The predicted octanol–water partition coefficient (Wildman–Crippen LogP) is 4.07. The molecule has 1 heterocycles. The quantitative estimate of drug-likeness (QED) is 0.892. The average Bonchev–Trinajstić information content (AvgIpc) is 2.36. The largest absolute Gasteiger partial charge is 0.417 e. The molecule has 106 valence electrons. The van der Waals surface area contributed by atoms with Gasteiger partial charge in [-0.25, -0.2) is 9.97 Å². The van der Waals surface area contributed by atoms with Crippen molar-refractivity contribution in [3.8, 4) is 11.4 Å². The van der Waals surface area contributed by atoms with Crippen molar-refractivity contribution >= 4 is 21.7 Å². The zero-order valence-electron chi connectivity index (χ0n) is 10.5. The van der Waals surface area contributed by atoms with Crippen LogP contribution >= 0.6 is 15.9 Å². The van der Waals surface area contributed by atoms with Crippen molar-refractivity contribution in [1.29, 1.82) is 0 Å². The van der Waals surface area contributed by atoms with Gasteiger partial charge in [-0.3, -0.25) is 0 Å². The minimum absolute atomic E-state index is 0.0123. The molecule has 0 aliphatic carbocycles. The highest BCUT2D eigenvalue weighted by Gasteiger charge is 2.34. The van der Waals surface area contributed by atoms with Crippen LogP contribution in [0.4, 0.5) is 19.0 Å². The fourth-order valence-electron chi connectivity index (χ4n) is 1.77. The molecule has 20 heavy (non-hydrogen) atoms. The molecular formula is C13H11BrF3N3. The summed E-state index contributed by atoms with van der Waals surface area (Å²) in [5, 5.41) is 0. The molecule has 1 aromatic heterocycles. The fourth-order valence-corrected chi connectivity index (χ4v) is 2.13. The van der Waals surface area contributed by atoms with Crippen molar-refractivity contribution < 1.29 is 13.2 Å². The number of benzene rings is 1. The first-order valence-electron chi connectivity index (χ1n) is 5.82. The molecular weight excluding hydrogens is 335 g/mol. The standard InChI is InChI=1S/C13H11BrF3N3/c1-2-8-6-11(18)20-12(19-8)9-4-3-7(14)5-10(9)13(15,16)17/h3-6H,2H2,1H3,(H2,18,19,20). The zero-order chi connectivity index (χ0) is 14.9. The van der Waals surface area contributed by atoms with E-state index in [1.165, 1.54) is 12.1 Å². The molecule has 1 aromatic carbocycles. The molecule has 0 unspecified atom stereocenters. The van der Waals surface area contributed by atoms with E-state index >= 15 is 0 Å². The summed E-state index contributed by atoms with van der Waals surface area (Å²) in [6.07, 6.45) is -3.92. The summed E-state index contributed by atoms with van der Waals surface area (Å²) in [7, 11) is 0.